The molecule has 0 aromatic heterocycles. The van der Waals surface area contributed by atoms with Gasteiger partial charge in [-0.05, 0) is 33.0 Å². The first-order chi connectivity index (χ1) is 7.61. The zero-order valence-corrected chi connectivity index (χ0v) is 11.0. The number of hydrogen-bond donors (Lipinski definition) is 1. The molecule has 0 aliphatic rings. The minimum atomic E-state index is -1.06. The quantitative estimate of drug-likeness (QED) is 0.854. The van der Waals surface area contributed by atoms with Gasteiger partial charge in [0.15, 0.2) is 0 Å². The van der Waals surface area contributed by atoms with E-state index in [-0.39, 0.29) is 11.3 Å². The standard InChI is InChI=1S/C12H19NO2S/c1-9(13-3)10(2)16(14)12-8-6-5-7-11(12)15-4/h5-10,13H,1-4H3. The van der Waals surface area contributed by atoms with Crippen molar-refractivity contribution in [1.82, 2.24) is 5.32 Å². The molecular formula is C12H19NO2S. The summed E-state index contributed by atoms with van der Waals surface area (Å²) in [6, 6.07) is 7.65. The fourth-order valence-corrected chi connectivity index (χ4v) is 2.88. The van der Waals surface area contributed by atoms with Crippen molar-refractivity contribution in [1.29, 1.82) is 0 Å². The van der Waals surface area contributed by atoms with Crippen LogP contribution in [0.25, 0.3) is 0 Å². The number of ether oxygens (including phenoxy) is 1. The van der Waals surface area contributed by atoms with Crippen molar-refractivity contribution in [3.05, 3.63) is 24.3 Å². The van der Waals surface area contributed by atoms with Gasteiger partial charge in [-0.1, -0.05) is 12.1 Å². The Morgan fingerprint density at radius 3 is 2.50 bits per heavy atom. The van der Waals surface area contributed by atoms with Crippen molar-refractivity contribution in [2.24, 2.45) is 0 Å². The number of benzene rings is 1. The predicted molar refractivity (Wildman–Crippen MR) is 67.4 cm³/mol. The first-order valence-electron chi connectivity index (χ1n) is 5.32. The van der Waals surface area contributed by atoms with Crippen LogP contribution in [0.1, 0.15) is 13.8 Å². The summed E-state index contributed by atoms with van der Waals surface area (Å²) in [6.45, 7) is 4.00. The average Bonchev–Trinajstić information content (AvgIpc) is 2.35. The molecule has 0 amide bonds. The number of para-hydroxylation sites is 1. The van der Waals surface area contributed by atoms with E-state index in [1.807, 2.05) is 45.2 Å². The number of methoxy groups -OCH3 is 1. The molecule has 4 heteroatoms. The lowest BCUT2D eigenvalue weighted by Crippen LogP contribution is -2.35. The van der Waals surface area contributed by atoms with Crippen LogP contribution in [0, 0.1) is 0 Å². The highest BCUT2D eigenvalue weighted by molar-refractivity contribution is 7.85. The molecule has 0 spiro atoms. The summed E-state index contributed by atoms with van der Waals surface area (Å²) in [5.41, 5.74) is 0. The minimum absolute atomic E-state index is 0.0429. The van der Waals surface area contributed by atoms with E-state index < -0.39 is 10.8 Å². The first-order valence-corrected chi connectivity index (χ1v) is 6.54. The first kappa shape index (κ1) is 13.2. The highest BCUT2D eigenvalue weighted by atomic mass is 32.2. The molecule has 0 aliphatic carbocycles. The topological polar surface area (TPSA) is 38.3 Å². The molecule has 90 valence electrons. The molecule has 0 saturated carbocycles. The summed E-state index contributed by atoms with van der Waals surface area (Å²) >= 11 is 0. The highest BCUT2D eigenvalue weighted by Crippen LogP contribution is 2.24. The maximum absolute atomic E-state index is 12.3. The molecule has 3 nitrogen and oxygen atoms in total. The zero-order valence-electron chi connectivity index (χ0n) is 10.2. The molecule has 0 radical (unpaired) electrons. The van der Waals surface area contributed by atoms with Gasteiger partial charge in [0, 0.05) is 6.04 Å². The lowest BCUT2D eigenvalue weighted by molar-refractivity contribution is 0.403. The van der Waals surface area contributed by atoms with Crippen LogP contribution in [0.3, 0.4) is 0 Å². The van der Waals surface area contributed by atoms with Crippen LogP contribution in [0.4, 0.5) is 0 Å². The second-order valence-corrected chi connectivity index (χ2v) is 5.51. The molecule has 1 aromatic rings. The van der Waals surface area contributed by atoms with Crippen LogP contribution >= 0.6 is 0 Å². The Labute approximate surface area is 99.7 Å². The third-order valence-corrected chi connectivity index (χ3v) is 4.64. The van der Waals surface area contributed by atoms with Gasteiger partial charge in [0.1, 0.15) is 5.75 Å². The fraction of sp³-hybridized carbons (Fsp3) is 0.500. The predicted octanol–water partition coefficient (Wildman–Crippen LogP) is 1.80. The summed E-state index contributed by atoms with van der Waals surface area (Å²) in [6.07, 6.45) is 0. The monoisotopic (exact) mass is 241 g/mol. The number of hydrogen-bond acceptors (Lipinski definition) is 3. The van der Waals surface area contributed by atoms with Gasteiger partial charge in [0.25, 0.3) is 0 Å². The van der Waals surface area contributed by atoms with E-state index in [1.165, 1.54) is 0 Å². The van der Waals surface area contributed by atoms with Crippen molar-refractivity contribution < 1.29 is 8.95 Å². The molecule has 16 heavy (non-hydrogen) atoms. The largest absolute Gasteiger partial charge is 0.495 e. The molecular weight excluding hydrogens is 222 g/mol. The molecule has 0 saturated heterocycles. The highest BCUT2D eigenvalue weighted by Gasteiger charge is 2.21. The van der Waals surface area contributed by atoms with Gasteiger partial charge in [-0.2, -0.15) is 0 Å². The summed E-state index contributed by atoms with van der Waals surface area (Å²) in [5, 5.41) is 3.16. The second kappa shape index (κ2) is 6.01. The summed E-state index contributed by atoms with van der Waals surface area (Å²) in [7, 11) is 2.42. The summed E-state index contributed by atoms with van der Waals surface area (Å²) in [5.74, 6) is 0.691. The van der Waals surface area contributed by atoms with E-state index in [0.29, 0.717) is 5.75 Å². The van der Waals surface area contributed by atoms with Gasteiger partial charge >= 0.3 is 0 Å². The van der Waals surface area contributed by atoms with Crippen molar-refractivity contribution in [2.45, 2.75) is 30.0 Å². The van der Waals surface area contributed by atoms with E-state index in [1.54, 1.807) is 7.11 Å². The van der Waals surface area contributed by atoms with Gasteiger partial charge < -0.3 is 10.1 Å². The van der Waals surface area contributed by atoms with Crippen LogP contribution in [0.15, 0.2) is 29.2 Å². The van der Waals surface area contributed by atoms with Crippen LogP contribution in [-0.2, 0) is 10.8 Å². The van der Waals surface area contributed by atoms with Crippen LogP contribution in [-0.4, -0.2) is 29.7 Å². The summed E-state index contributed by atoms with van der Waals surface area (Å²) < 4.78 is 17.5. The molecule has 0 aliphatic heterocycles. The lowest BCUT2D eigenvalue weighted by Gasteiger charge is -2.19. The van der Waals surface area contributed by atoms with Crippen molar-refractivity contribution in [3.8, 4) is 5.75 Å². The third kappa shape index (κ3) is 2.83. The van der Waals surface area contributed by atoms with E-state index in [2.05, 4.69) is 5.32 Å². The SMILES string of the molecule is CNC(C)C(C)S(=O)c1ccccc1OC. The molecule has 1 aromatic carbocycles. The molecule has 1 N–H and O–H groups in total. The van der Waals surface area contributed by atoms with Gasteiger partial charge in [-0.15, -0.1) is 0 Å². The molecule has 3 unspecified atom stereocenters. The van der Waals surface area contributed by atoms with E-state index >= 15 is 0 Å². The van der Waals surface area contributed by atoms with E-state index in [4.69, 9.17) is 4.74 Å². The van der Waals surface area contributed by atoms with E-state index in [9.17, 15) is 4.21 Å². The fourth-order valence-electron chi connectivity index (χ4n) is 1.41. The Balaban J connectivity index is 2.95. The van der Waals surface area contributed by atoms with Crippen LogP contribution in [0.5, 0.6) is 5.75 Å². The zero-order chi connectivity index (χ0) is 12.1. The lowest BCUT2D eigenvalue weighted by atomic mass is 10.3. The van der Waals surface area contributed by atoms with Crippen molar-refractivity contribution in [2.75, 3.05) is 14.2 Å². The Bertz CT molecular complexity index is 368. The Hall–Kier alpha value is -0.870. The maximum Gasteiger partial charge on any atom is 0.134 e. The maximum atomic E-state index is 12.3. The summed E-state index contributed by atoms with van der Waals surface area (Å²) in [4.78, 5) is 0.764. The third-order valence-electron chi connectivity index (χ3n) is 2.78. The Morgan fingerprint density at radius 2 is 1.94 bits per heavy atom. The van der Waals surface area contributed by atoms with E-state index in [0.717, 1.165) is 4.90 Å². The number of nitrogens with one attached hydrogen (secondary N) is 1. The van der Waals surface area contributed by atoms with Gasteiger partial charge in [-0.25, -0.2) is 0 Å². The minimum Gasteiger partial charge on any atom is -0.495 e. The van der Waals surface area contributed by atoms with Crippen LogP contribution in [0.2, 0.25) is 0 Å². The average molecular weight is 241 g/mol. The van der Waals surface area contributed by atoms with Gasteiger partial charge in [0.05, 0.1) is 28.1 Å². The molecule has 1 rings (SSSR count). The van der Waals surface area contributed by atoms with Crippen LogP contribution < -0.4 is 10.1 Å². The Morgan fingerprint density at radius 1 is 1.31 bits per heavy atom. The Kier molecular flexibility index (Phi) is 4.96. The molecule has 0 fully saturated rings. The smallest absolute Gasteiger partial charge is 0.134 e. The number of rotatable bonds is 5. The van der Waals surface area contributed by atoms with Gasteiger partial charge in [0.2, 0.25) is 0 Å². The molecule has 0 heterocycles. The van der Waals surface area contributed by atoms with Crippen molar-refractivity contribution in [3.63, 3.8) is 0 Å². The normalized spacial score (nSPS) is 16.5. The van der Waals surface area contributed by atoms with Gasteiger partial charge in [-0.3, -0.25) is 4.21 Å². The second-order valence-electron chi connectivity index (χ2n) is 3.73. The molecule has 0 bridgehead atoms. The molecule has 3 atom stereocenters. The van der Waals surface area contributed by atoms with Crippen molar-refractivity contribution >= 4 is 10.8 Å².